The molecular formula is C14H14BrF3O2. The lowest BCUT2D eigenvalue weighted by Gasteiger charge is -2.21. The van der Waals surface area contributed by atoms with Crippen LogP contribution in [0.4, 0.5) is 13.2 Å². The summed E-state index contributed by atoms with van der Waals surface area (Å²) in [6, 6.07) is 4.13. The van der Waals surface area contributed by atoms with Gasteiger partial charge < -0.3 is 4.74 Å². The third-order valence-corrected chi connectivity index (χ3v) is 3.90. The molecule has 1 saturated carbocycles. The second kappa shape index (κ2) is 6.16. The first-order valence-electron chi connectivity index (χ1n) is 6.46. The van der Waals surface area contributed by atoms with Gasteiger partial charge in [-0.25, -0.2) is 0 Å². The highest BCUT2D eigenvalue weighted by Crippen LogP contribution is 2.34. The van der Waals surface area contributed by atoms with E-state index in [1.807, 2.05) is 0 Å². The van der Waals surface area contributed by atoms with E-state index < -0.39 is 12.1 Å². The maximum absolute atomic E-state index is 12.4. The Balaban J connectivity index is 2.27. The number of rotatable bonds is 3. The van der Waals surface area contributed by atoms with Gasteiger partial charge in [-0.1, -0.05) is 35.2 Å². The molecule has 1 aliphatic rings. The van der Waals surface area contributed by atoms with Gasteiger partial charge in [0.1, 0.15) is 5.75 Å². The van der Waals surface area contributed by atoms with Crippen LogP contribution in [0.1, 0.15) is 42.5 Å². The average Bonchev–Trinajstić information content (AvgIpc) is 2.37. The van der Waals surface area contributed by atoms with Crippen LogP contribution in [0.15, 0.2) is 22.7 Å². The standard InChI is InChI=1S/C14H14BrF3O2/c15-10-6-7-11(12(8-10)20-14(16,17)18)13(19)9-4-2-1-3-5-9/h6-9H,1-5H2. The van der Waals surface area contributed by atoms with Crippen LogP contribution in [0, 0.1) is 5.92 Å². The van der Waals surface area contributed by atoms with Gasteiger partial charge in [0.25, 0.3) is 0 Å². The number of hydrogen-bond donors (Lipinski definition) is 0. The zero-order valence-electron chi connectivity index (χ0n) is 10.7. The molecule has 1 fully saturated rings. The van der Waals surface area contributed by atoms with E-state index in [0.717, 1.165) is 32.1 Å². The van der Waals surface area contributed by atoms with Gasteiger partial charge in [-0.2, -0.15) is 0 Å². The van der Waals surface area contributed by atoms with Crippen molar-refractivity contribution < 1.29 is 22.7 Å². The fourth-order valence-corrected chi connectivity index (χ4v) is 2.83. The topological polar surface area (TPSA) is 26.3 Å². The summed E-state index contributed by atoms with van der Waals surface area (Å²) in [4.78, 5) is 12.4. The van der Waals surface area contributed by atoms with Crippen molar-refractivity contribution in [3.8, 4) is 5.75 Å². The van der Waals surface area contributed by atoms with Gasteiger partial charge in [0.15, 0.2) is 5.78 Å². The molecular weight excluding hydrogens is 337 g/mol. The smallest absolute Gasteiger partial charge is 0.405 e. The molecule has 0 aliphatic heterocycles. The predicted molar refractivity (Wildman–Crippen MR) is 71.7 cm³/mol. The third kappa shape index (κ3) is 3.98. The lowest BCUT2D eigenvalue weighted by atomic mass is 9.83. The van der Waals surface area contributed by atoms with E-state index in [2.05, 4.69) is 20.7 Å². The summed E-state index contributed by atoms with van der Waals surface area (Å²) < 4.78 is 41.6. The zero-order valence-corrected chi connectivity index (χ0v) is 12.3. The molecule has 0 N–H and O–H groups in total. The highest BCUT2D eigenvalue weighted by molar-refractivity contribution is 9.10. The van der Waals surface area contributed by atoms with Crippen LogP contribution in [0.3, 0.4) is 0 Å². The number of carbonyl (C=O) groups excluding carboxylic acids is 1. The minimum absolute atomic E-state index is 0.0115. The van der Waals surface area contributed by atoms with Crippen LogP contribution in [0.5, 0.6) is 5.75 Å². The summed E-state index contributed by atoms with van der Waals surface area (Å²) in [6.07, 6.45) is -0.357. The van der Waals surface area contributed by atoms with E-state index >= 15 is 0 Å². The summed E-state index contributed by atoms with van der Waals surface area (Å²) in [5.41, 5.74) is 0.0115. The summed E-state index contributed by atoms with van der Waals surface area (Å²) in [7, 11) is 0. The molecule has 1 aliphatic carbocycles. The van der Waals surface area contributed by atoms with Crippen LogP contribution in [0.2, 0.25) is 0 Å². The highest BCUT2D eigenvalue weighted by Gasteiger charge is 2.34. The zero-order chi connectivity index (χ0) is 14.8. The van der Waals surface area contributed by atoms with Crippen molar-refractivity contribution in [2.24, 2.45) is 5.92 Å². The number of halogens is 4. The van der Waals surface area contributed by atoms with Crippen LogP contribution in [-0.2, 0) is 0 Å². The van der Waals surface area contributed by atoms with Crippen molar-refractivity contribution in [2.75, 3.05) is 0 Å². The Morgan fingerprint density at radius 2 is 1.85 bits per heavy atom. The summed E-state index contributed by atoms with van der Waals surface area (Å²) >= 11 is 3.09. The van der Waals surface area contributed by atoms with Crippen molar-refractivity contribution in [2.45, 2.75) is 38.5 Å². The molecule has 0 saturated heterocycles. The lowest BCUT2D eigenvalue weighted by Crippen LogP contribution is -2.22. The lowest BCUT2D eigenvalue weighted by molar-refractivity contribution is -0.274. The molecule has 2 rings (SSSR count). The first-order chi connectivity index (χ1) is 9.37. The van der Waals surface area contributed by atoms with Crippen molar-refractivity contribution >= 4 is 21.7 Å². The summed E-state index contributed by atoms with van der Waals surface area (Å²) in [5.74, 6) is -0.876. The number of Topliss-reactive ketones (excluding diaryl/α,β-unsaturated/α-hetero) is 1. The Morgan fingerprint density at radius 1 is 1.20 bits per heavy atom. The van der Waals surface area contributed by atoms with E-state index in [9.17, 15) is 18.0 Å². The summed E-state index contributed by atoms with van der Waals surface area (Å²) in [6.45, 7) is 0. The van der Waals surface area contributed by atoms with Crippen molar-refractivity contribution in [1.82, 2.24) is 0 Å². The molecule has 0 unspecified atom stereocenters. The van der Waals surface area contributed by atoms with Crippen LogP contribution in [-0.4, -0.2) is 12.1 Å². The largest absolute Gasteiger partial charge is 0.573 e. The first kappa shape index (κ1) is 15.4. The SMILES string of the molecule is O=C(c1ccc(Br)cc1OC(F)(F)F)C1CCCCC1. The van der Waals surface area contributed by atoms with Crippen LogP contribution >= 0.6 is 15.9 Å². The predicted octanol–water partition coefficient (Wildman–Crippen LogP) is 5.11. The number of ether oxygens (including phenoxy) is 1. The highest BCUT2D eigenvalue weighted by atomic mass is 79.9. The van der Waals surface area contributed by atoms with Gasteiger partial charge in [-0.05, 0) is 31.0 Å². The molecule has 1 aromatic carbocycles. The van der Waals surface area contributed by atoms with E-state index in [-0.39, 0.29) is 17.3 Å². The number of carbonyl (C=O) groups is 1. The van der Waals surface area contributed by atoms with Gasteiger partial charge in [0.2, 0.25) is 0 Å². The molecule has 20 heavy (non-hydrogen) atoms. The molecule has 0 spiro atoms. The number of ketones is 1. The molecule has 110 valence electrons. The van der Waals surface area contributed by atoms with E-state index in [4.69, 9.17) is 0 Å². The maximum Gasteiger partial charge on any atom is 0.573 e. The molecule has 2 nitrogen and oxygen atoms in total. The number of alkyl halides is 3. The van der Waals surface area contributed by atoms with Gasteiger partial charge in [-0.3, -0.25) is 4.79 Å². The Labute approximate surface area is 123 Å². The Bertz CT molecular complexity index is 494. The molecule has 0 atom stereocenters. The first-order valence-corrected chi connectivity index (χ1v) is 7.25. The summed E-state index contributed by atoms with van der Waals surface area (Å²) in [5, 5.41) is 0. The maximum atomic E-state index is 12.4. The molecule has 1 aromatic rings. The Hall–Kier alpha value is -1.04. The molecule has 0 amide bonds. The van der Waals surface area contributed by atoms with E-state index in [1.165, 1.54) is 12.1 Å². The minimum atomic E-state index is -4.80. The number of hydrogen-bond acceptors (Lipinski definition) is 2. The monoisotopic (exact) mass is 350 g/mol. The van der Waals surface area contributed by atoms with Crippen molar-refractivity contribution in [3.05, 3.63) is 28.2 Å². The molecule has 0 bridgehead atoms. The van der Waals surface area contributed by atoms with Crippen molar-refractivity contribution in [1.29, 1.82) is 0 Å². The van der Waals surface area contributed by atoms with E-state index in [1.54, 1.807) is 6.07 Å². The minimum Gasteiger partial charge on any atom is -0.405 e. The van der Waals surface area contributed by atoms with Crippen LogP contribution < -0.4 is 4.74 Å². The Kier molecular flexibility index (Phi) is 4.73. The third-order valence-electron chi connectivity index (χ3n) is 3.41. The van der Waals surface area contributed by atoms with E-state index in [0.29, 0.717) is 4.47 Å². The van der Waals surface area contributed by atoms with Gasteiger partial charge >= 0.3 is 6.36 Å². The Morgan fingerprint density at radius 3 is 2.45 bits per heavy atom. The fourth-order valence-electron chi connectivity index (χ4n) is 2.49. The molecule has 0 heterocycles. The van der Waals surface area contributed by atoms with Gasteiger partial charge in [0, 0.05) is 10.4 Å². The fraction of sp³-hybridized carbons (Fsp3) is 0.500. The second-order valence-electron chi connectivity index (χ2n) is 4.89. The average molecular weight is 351 g/mol. The second-order valence-corrected chi connectivity index (χ2v) is 5.80. The molecule has 0 aromatic heterocycles. The molecule has 6 heteroatoms. The van der Waals surface area contributed by atoms with Gasteiger partial charge in [0.05, 0.1) is 5.56 Å². The van der Waals surface area contributed by atoms with Gasteiger partial charge in [-0.15, -0.1) is 13.2 Å². The quantitative estimate of drug-likeness (QED) is 0.708. The molecule has 0 radical (unpaired) electrons. The normalized spacial score (nSPS) is 17.0. The number of benzene rings is 1. The van der Waals surface area contributed by atoms with Crippen LogP contribution in [0.25, 0.3) is 0 Å². The van der Waals surface area contributed by atoms with Crippen molar-refractivity contribution in [3.63, 3.8) is 0 Å².